The van der Waals surface area contributed by atoms with E-state index in [4.69, 9.17) is 15.9 Å². The molecule has 0 N–H and O–H groups in total. The highest BCUT2D eigenvalue weighted by atomic mass is 35.7. The molecule has 80 valence electrons. The van der Waals surface area contributed by atoms with Gasteiger partial charge in [0.05, 0.1) is 0 Å². The van der Waals surface area contributed by atoms with Crippen molar-refractivity contribution in [3.63, 3.8) is 0 Å². The minimum atomic E-state index is -4.28. The summed E-state index contributed by atoms with van der Waals surface area (Å²) in [5.41, 5.74) is -1.31. The molecule has 1 rings (SSSR count). The summed E-state index contributed by atoms with van der Waals surface area (Å²) in [5, 5.41) is 8.40. The van der Waals surface area contributed by atoms with Crippen LogP contribution in [0.5, 0.6) is 0 Å². The van der Waals surface area contributed by atoms with E-state index in [1.165, 1.54) is 6.07 Å². The van der Waals surface area contributed by atoms with Gasteiger partial charge < -0.3 is 0 Å². The second kappa shape index (κ2) is 4.08. The van der Waals surface area contributed by atoms with Crippen molar-refractivity contribution in [2.24, 2.45) is 0 Å². The van der Waals surface area contributed by atoms with Crippen LogP contribution in [0.3, 0.4) is 0 Å². The highest BCUT2D eigenvalue weighted by Crippen LogP contribution is 2.27. The van der Waals surface area contributed by atoms with E-state index in [0.29, 0.717) is 0 Å². The summed E-state index contributed by atoms with van der Waals surface area (Å²) in [6.07, 6.45) is -3.11. The van der Waals surface area contributed by atoms with E-state index < -0.39 is 26.1 Å². The maximum Gasteiger partial charge on any atom is 0.281 e. The molecular weight excluding hydrogens is 250 g/mol. The number of pyridine rings is 1. The first-order chi connectivity index (χ1) is 6.86. The van der Waals surface area contributed by atoms with Crippen LogP contribution in [0.2, 0.25) is 0 Å². The first-order valence-corrected chi connectivity index (χ1v) is 5.81. The van der Waals surface area contributed by atoms with Crippen molar-refractivity contribution >= 4 is 19.7 Å². The summed E-state index contributed by atoms with van der Waals surface area (Å²) in [6, 6.07) is 3.35. The van der Waals surface area contributed by atoms with Crippen LogP contribution in [0.25, 0.3) is 0 Å². The zero-order valence-electron chi connectivity index (χ0n) is 6.99. The minimum absolute atomic E-state index is 0.297. The summed E-state index contributed by atoms with van der Waals surface area (Å²) >= 11 is 0. The van der Waals surface area contributed by atoms with Gasteiger partial charge in [-0.1, -0.05) is 0 Å². The second-order valence-corrected chi connectivity index (χ2v) is 4.96. The summed E-state index contributed by atoms with van der Waals surface area (Å²) in [5.74, 6) is 0. The van der Waals surface area contributed by atoms with Crippen LogP contribution in [-0.4, -0.2) is 13.4 Å². The number of rotatable bonds is 2. The Morgan fingerprint density at radius 2 is 2.07 bits per heavy atom. The molecule has 0 aliphatic heterocycles. The fourth-order valence-electron chi connectivity index (χ4n) is 0.887. The SMILES string of the molecule is N#Cc1ccc(S(=O)(=O)Cl)c(C(F)F)n1. The lowest BCUT2D eigenvalue weighted by molar-refractivity contribution is 0.142. The van der Waals surface area contributed by atoms with Gasteiger partial charge in [0.15, 0.2) is 0 Å². The van der Waals surface area contributed by atoms with E-state index in [1.807, 2.05) is 0 Å². The van der Waals surface area contributed by atoms with Gasteiger partial charge in [0.25, 0.3) is 15.5 Å². The molecule has 0 atom stereocenters. The highest BCUT2D eigenvalue weighted by molar-refractivity contribution is 8.13. The van der Waals surface area contributed by atoms with Crippen molar-refractivity contribution in [1.82, 2.24) is 4.98 Å². The van der Waals surface area contributed by atoms with Crippen molar-refractivity contribution in [2.45, 2.75) is 11.3 Å². The lowest BCUT2D eigenvalue weighted by Crippen LogP contribution is -2.03. The van der Waals surface area contributed by atoms with Gasteiger partial charge in [0, 0.05) is 10.7 Å². The molecule has 0 saturated heterocycles. The van der Waals surface area contributed by atoms with Crippen LogP contribution < -0.4 is 0 Å². The predicted molar refractivity (Wildman–Crippen MR) is 46.9 cm³/mol. The molecule has 0 spiro atoms. The van der Waals surface area contributed by atoms with Crippen LogP contribution in [0, 0.1) is 11.3 Å². The number of nitriles is 1. The van der Waals surface area contributed by atoms with Crippen LogP contribution >= 0.6 is 10.7 Å². The van der Waals surface area contributed by atoms with E-state index in [0.717, 1.165) is 12.1 Å². The molecule has 0 bridgehead atoms. The molecule has 0 radical (unpaired) electrons. The van der Waals surface area contributed by atoms with Crippen LogP contribution in [-0.2, 0) is 9.05 Å². The number of nitrogens with zero attached hydrogens (tertiary/aromatic N) is 2. The number of hydrogen-bond acceptors (Lipinski definition) is 4. The van der Waals surface area contributed by atoms with Crippen LogP contribution in [0.4, 0.5) is 8.78 Å². The van der Waals surface area contributed by atoms with Gasteiger partial charge in [-0.05, 0) is 12.1 Å². The molecule has 1 aromatic rings. The van der Waals surface area contributed by atoms with E-state index in [-0.39, 0.29) is 5.69 Å². The third-order valence-electron chi connectivity index (χ3n) is 1.47. The average molecular weight is 253 g/mol. The quantitative estimate of drug-likeness (QED) is 0.753. The van der Waals surface area contributed by atoms with Gasteiger partial charge in [-0.25, -0.2) is 22.2 Å². The molecule has 0 fully saturated rings. The highest BCUT2D eigenvalue weighted by Gasteiger charge is 2.23. The standard InChI is InChI=1S/C7H3ClF2N2O2S/c8-15(13,14)5-2-1-4(3-11)12-6(5)7(9)10/h1-2,7H. The third kappa shape index (κ3) is 2.61. The Hall–Kier alpha value is -1.26. The fraction of sp³-hybridized carbons (Fsp3) is 0.143. The molecule has 0 amide bonds. The predicted octanol–water partition coefficient (Wildman–Crippen LogP) is 1.82. The van der Waals surface area contributed by atoms with Gasteiger partial charge in [-0.15, -0.1) is 0 Å². The normalized spacial score (nSPS) is 11.4. The van der Waals surface area contributed by atoms with E-state index in [9.17, 15) is 17.2 Å². The zero-order chi connectivity index (χ0) is 11.6. The molecule has 15 heavy (non-hydrogen) atoms. The summed E-state index contributed by atoms with van der Waals surface area (Å²) in [4.78, 5) is 2.40. The molecule has 0 saturated carbocycles. The Morgan fingerprint density at radius 3 is 2.47 bits per heavy atom. The van der Waals surface area contributed by atoms with E-state index >= 15 is 0 Å². The Balaban J connectivity index is 3.50. The van der Waals surface area contributed by atoms with Gasteiger partial charge in [-0.3, -0.25) is 0 Å². The number of halogens is 3. The van der Waals surface area contributed by atoms with Gasteiger partial charge in [0.1, 0.15) is 22.4 Å². The van der Waals surface area contributed by atoms with Crippen molar-refractivity contribution in [1.29, 1.82) is 5.26 Å². The second-order valence-electron chi connectivity index (χ2n) is 2.43. The maximum atomic E-state index is 12.4. The van der Waals surface area contributed by atoms with E-state index in [2.05, 4.69) is 4.98 Å². The largest absolute Gasteiger partial charge is 0.281 e. The molecule has 1 aromatic heterocycles. The molecule has 8 heteroatoms. The van der Waals surface area contributed by atoms with Crippen LogP contribution in [0.1, 0.15) is 17.8 Å². The summed E-state index contributed by atoms with van der Waals surface area (Å²) < 4.78 is 46.5. The lowest BCUT2D eigenvalue weighted by Gasteiger charge is -2.04. The fourth-order valence-corrected chi connectivity index (χ4v) is 1.89. The lowest BCUT2D eigenvalue weighted by atomic mass is 10.3. The third-order valence-corrected chi connectivity index (χ3v) is 2.84. The Morgan fingerprint density at radius 1 is 1.47 bits per heavy atom. The van der Waals surface area contributed by atoms with Gasteiger partial charge >= 0.3 is 0 Å². The minimum Gasteiger partial charge on any atom is -0.235 e. The van der Waals surface area contributed by atoms with Crippen molar-refractivity contribution < 1.29 is 17.2 Å². The number of aromatic nitrogens is 1. The van der Waals surface area contributed by atoms with Crippen molar-refractivity contribution in [3.8, 4) is 6.07 Å². The maximum absolute atomic E-state index is 12.4. The Kier molecular flexibility index (Phi) is 3.21. The molecule has 1 heterocycles. The molecule has 0 unspecified atom stereocenters. The molecular formula is C7H3ClF2N2O2S. The summed E-state index contributed by atoms with van der Waals surface area (Å²) in [7, 11) is 0.636. The monoisotopic (exact) mass is 252 g/mol. The topological polar surface area (TPSA) is 70.8 Å². The Bertz CT molecular complexity index is 524. The average Bonchev–Trinajstić information content (AvgIpc) is 2.15. The molecule has 0 aliphatic rings. The smallest absolute Gasteiger partial charge is 0.235 e. The van der Waals surface area contributed by atoms with Crippen molar-refractivity contribution in [3.05, 3.63) is 23.5 Å². The molecule has 4 nitrogen and oxygen atoms in total. The molecule has 0 aromatic carbocycles. The molecule has 0 aliphatic carbocycles. The zero-order valence-corrected chi connectivity index (χ0v) is 8.56. The van der Waals surface area contributed by atoms with Crippen molar-refractivity contribution in [2.75, 3.05) is 0 Å². The Labute approximate surface area is 88.5 Å². The number of alkyl halides is 2. The van der Waals surface area contributed by atoms with E-state index in [1.54, 1.807) is 0 Å². The summed E-state index contributed by atoms with van der Waals surface area (Å²) in [6.45, 7) is 0. The van der Waals surface area contributed by atoms with Crippen LogP contribution in [0.15, 0.2) is 17.0 Å². The van der Waals surface area contributed by atoms with Gasteiger partial charge in [0.2, 0.25) is 0 Å². The first kappa shape index (κ1) is 11.8. The van der Waals surface area contributed by atoms with Gasteiger partial charge in [-0.2, -0.15) is 5.26 Å². The number of hydrogen-bond donors (Lipinski definition) is 0. The first-order valence-electron chi connectivity index (χ1n) is 3.50.